The fraction of sp³-hybridized carbons (Fsp3) is 0.500. The molecule has 20 heavy (non-hydrogen) atoms. The molecule has 3 nitrogen and oxygen atoms in total. The van der Waals surface area contributed by atoms with Gasteiger partial charge in [0.05, 0.1) is 11.2 Å². The van der Waals surface area contributed by atoms with Crippen molar-refractivity contribution in [3.63, 3.8) is 0 Å². The monoisotopic (exact) mass is 333 g/mol. The zero-order valence-electron chi connectivity index (χ0n) is 11.6. The van der Waals surface area contributed by atoms with Crippen LogP contribution in [0, 0.1) is 0 Å². The van der Waals surface area contributed by atoms with E-state index in [1.54, 1.807) is 0 Å². The maximum absolute atomic E-state index is 4.52. The van der Waals surface area contributed by atoms with Crippen LogP contribution in [0.5, 0.6) is 0 Å². The number of pyridine rings is 2. The minimum atomic E-state index is 0.575. The molecule has 2 heterocycles. The number of hydrogen-bond acceptors (Lipinski definition) is 3. The van der Waals surface area contributed by atoms with Crippen molar-refractivity contribution in [2.45, 2.75) is 51.0 Å². The van der Waals surface area contributed by atoms with Gasteiger partial charge in [-0.05, 0) is 40.9 Å². The molecule has 1 saturated carbocycles. The molecule has 0 spiro atoms. The fourth-order valence-electron chi connectivity index (χ4n) is 2.94. The second-order valence-corrected chi connectivity index (χ2v) is 6.48. The van der Waals surface area contributed by atoms with Crippen LogP contribution in [0.4, 0.5) is 5.69 Å². The summed E-state index contributed by atoms with van der Waals surface area (Å²) in [6, 6.07) is 4.64. The van der Waals surface area contributed by atoms with Gasteiger partial charge >= 0.3 is 0 Å². The lowest BCUT2D eigenvalue weighted by molar-refractivity contribution is 0.471. The van der Waals surface area contributed by atoms with Crippen LogP contribution >= 0.6 is 15.9 Å². The third-order valence-corrected chi connectivity index (χ3v) is 4.44. The second kappa shape index (κ2) is 6.53. The first-order chi connectivity index (χ1) is 9.83. The summed E-state index contributed by atoms with van der Waals surface area (Å²) in [5.41, 5.74) is 3.03. The Bertz CT molecular complexity index is 577. The average molecular weight is 334 g/mol. The molecular formula is C16H20BrN3. The molecule has 1 N–H and O–H groups in total. The first kappa shape index (κ1) is 13.8. The quantitative estimate of drug-likeness (QED) is 0.847. The van der Waals surface area contributed by atoms with Gasteiger partial charge in [-0.3, -0.25) is 9.97 Å². The highest BCUT2D eigenvalue weighted by molar-refractivity contribution is 9.10. The molecular weight excluding hydrogens is 314 g/mol. The summed E-state index contributed by atoms with van der Waals surface area (Å²) >= 11 is 3.45. The van der Waals surface area contributed by atoms with Gasteiger partial charge in [0.25, 0.3) is 0 Å². The lowest BCUT2D eigenvalue weighted by Crippen LogP contribution is -2.20. The zero-order valence-corrected chi connectivity index (χ0v) is 13.2. The van der Waals surface area contributed by atoms with Gasteiger partial charge in [0.15, 0.2) is 0 Å². The fourth-order valence-corrected chi connectivity index (χ4v) is 3.26. The van der Waals surface area contributed by atoms with E-state index in [0.29, 0.717) is 6.04 Å². The van der Waals surface area contributed by atoms with Crippen LogP contribution in [0.2, 0.25) is 0 Å². The van der Waals surface area contributed by atoms with E-state index in [1.165, 1.54) is 44.9 Å². The van der Waals surface area contributed by atoms with Gasteiger partial charge in [0.1, 0.15) is 5.52 Å². The molecule has 2 aromatic rings. The molecule has 0 aliphatic heterocycles. The summed E-state index contributed by atoms with van der Waals surface area (Å²) in [5, 5.41) is 3.69. The van der Waals surface area contributed by atoms with E-state index < -0.39 is 0 Å². The molecule has 1 fully saturated rings. The van der Waals surface area contributed by atoms with Crippen molar-refractivity contribution in [3.8, 4) is 0 Å². The third-order valence-electron chi connectivity index (χ3n) is 4.01. The van der Waals surface area contributed by atoms with Crippen LogP contribution in [0.25, 0.3) is 11.0 Å². The van der Waals surface area contributed by atoms with E-state index in [0.717, 1.165) is 21.2 Å². The summed E-state index contributed by atoms with van der Waals surface area (Å²) in [5.74, 6) is 0. The Morgan fingerprint density at radius 2 is 1.80 bits per heavy atom. The molecule has 0 bridgehead atoms. The minimum absolute atomic E-state index is 0.575. The van der Waals surface area contributed by atoms with Gasteiger partial charge in [0, 0.05) is 22.9 Å². The Morgan fingerprint density at radius 3 is 2.60 bits per heavy atom. The molecule has 0 amide bonds. The van der Waals surface area contributed by atoms with E-state index in [2.05, 4.69) is 31.2 Å². The standard InChI is InChI=1S/C16H20BrN3/c17-12-10-15-16(19-11-12)14(8-9-18-15)20-13-6-4-2-1-3-5-7-13/h8-11,13H,1-7H2,(H,18,20). The van der Waals surface area contributed by atoms with E-state index in [1.807, 2.05) is 24.5 Å². The van der Waals surface area contributed by atoms with Crippen molar-refractivity contribution in [1.82, 2.24) is 9.97 Å². The van der Waals surface area contributed by atoms with Gasteiger partial charge < -0.3 is 5.32 Å². The van der Waals surface area contributed by atoms with Crippen LogP contribution in [-0.2, 0) is 0 Å². The van der Waals surface area contributed by atoms with Crippen molar-refractivity contribution in [2.75, 3.05) is 5.32 Å². The average Bonchev–Trinajstić information content (AvgIpc) is 2.41. The largest absolute Gasteiger partial charge is 0.380 e. The van der Waals surface area contributed by atoms with E-state index in [-0.39, 0.29) is 0 Å². The number of halogens is 1. The van der Waals surface area contributed by atoms with Crippen molar-refractivity contribution < 1.29 is 0 Å². The van der Waals surface area contributed by atoms with Crippen molar-refractivity contribution in [3.05, 3.63) is 29.0 Å². The summed E-state index contributed by atoms with van der Waals surface area (Å²) in [6.45, 7) is 0. The molecule has 1 aliphatic carbocycles. The summed E-state index contributed by atoms with van der Waals surface area (Å²) in [4.78, 5) is 8.91. The first-order valence-electron chi connectivity index (χ1n) is 7.50. The number of hydrogen-bond donors (Lipinski definition) is 1. The number of anilines is 1. The normalized spacial score (nSPS) is 17.6. The predicted molar refractivity (Wildman–Crippen MR) is 87.0 cm³/mol. The number of nitrogens with one attached hydrogen (secondary N) is 1. The van der Waals surface area contributed by atoms with Gasteiger partial charge in [-0.15, -0.1) is 0 Å². The van der Waals surface area contributed by atoms with Crippen LogP contribution in [0.3, 0.4) is 0 Å². The summed E-state index contributed by atoms with van der Waals surface area (Å²) in [7, 11) is 0. The molecule has 0 aromatic carbocycles. The third kappa shape index (κ3) is 3.29. The molecule has 2 aromatic heterocycles. The van der Waals surface area contributed by atoms with Gasteiger partial charge in [-0.2, -0.15) is 0 Å². The lowest BCUT2D eigenvalue weighted by Gasteiger charge is -2.22. The van der Waals surface area contributed by atoms with Gasteiger partial charge in [-0.25, -0.2) is 0 Å². The summed E-state index contributed by atoms with van der Waals surface area (Å²) in [6.07, 6.45) is 13.1. The molecule has 0 saturated heterocycles. The van der Waals surface area contributed by atoms with Gasteiger partial charge in [-0.1, -0.05) is 32.1 Å². The number of fused-ring (bicyclic) bond motifs is 1. The zero-order chi connectivity index (χ0) is 13.8. The van der Waals surface area contributed by atoms with Crippen LogP contribution < -0.4 is 5.32 Å². The predicted octanol–water partition coefficient (Wildman–Crippen LogP) is 4.92. The van der Waals surface area contributed by atoms with Gasteiger partial charge in [0.2, 0.25) is 0 Å². The number of nitrogens with zero attached hydrogens (tertiary/aromatic N) is 2. The first-order valence-corrected chi connectivity index (χ1v) is 8.29. The molecule has 0 radical (unpaired) electrons. The number of aromatic nitrogens is 2. The maximum Gasteiger partial charge on any atom is 0.112 e. The molecule has 4 heteroatoms. The molecule has 106 valence electrons. The molecule has 0 unspecified atom stereocenters. The Morgan fingerprint density at radius 1 is 1.05 bits per heavy atom. The Hall–Kier alpha value is -1.16. The van der Waals surface area contributed by atoms with Crippen LogP contribution in [-0.4, -0.2) is 16.0 Å². The Kier molecular flexibility index (Phi) is 4.51. The maximum atomic E-state index is 4.52. The van der Waals surface area contributed by atoms with E-state index >= 15 is 0 Å². The second-order valence-electron chi connectivity index (χ2n) is 5.57. The number of rotatable bonds is 2. The summed E-state index contributed by atoms with van der Waals surface area (Å²) < 4.78 is 0.973. The topological polar surface area (TPSA) is 37.8 Å². The SMILES string of the molecule is Brc1cnc2c(NC3CCCCCCC3)ccnc2c1. The lowest BCUT2D eigenvalue weighted by atomic mass is 9.96. The van der Waals surface area contributed by atoms with Crippen molar-refractivity contribution >= 4 is 32.7 Å². The highest BCUT2D eigenvalue weighted by atomic mass is 79.9. The molecule has 3 rings (SSSR count). The molecule has 0 atom stereocenters. The minimum Gasteiger partial charge on any atom is -0.380 e. The Balaban J connectivity index is 1.82. The Labute approximate surface area is 128 Å². The highest BCUT2D eigenvalue weighted by Gasteiger charge is 2.13. The van der Waals surface area contributed by atoms with Crippen LogP contribution in [0.15, 0.2) is 29.0 Å². The van der Waals surface area contributed by atoms with Crippen molar-refractivity contribution in [2.24, 2.45) is 0 Å². The van der Waals surface area contributed by atoms with Crippen molar-refractivity contribution in [1.29, 1.82) is 0 Å². The highest BCUT2D eigenvalue weighted by Crippen LogP contribution is 2.25. The van der Waals surface area contributed by atoms with E-state index in [4.69, 9.17) is 0 Å². The van der Waals surface area contributed by atoms with Crippen LogP contribution in [0.1, 0.15) is 44.9 Å². The molecule has 1 aliphatic rings. The smallest absolute Gasteiger partial charge is 0.112 e. The van der Waals surface area contributed by atoms with E-state index in [9.17, 15) is 0 Å².